The number of nitrogens with zero attached hydrogens (tertiary/aromatic N) is 2. The molecule has 1 amide bonds. The number of carbonyl (C=O) groups is 2. The average Bonchev–Trinajstić information content (AvgIpc) is 2.19. The molecule has 0 unspecified atom stereocenters. The fraction of sp³-hybridized carbons (Fsp3) is 0. The summed E-state index contributed by atoms with van der Waals surface area (Å²) in [6.07, 6.45) is 1.59. The minimum atomic E-state index is -1.20. The number of carboxylic acid groups (broad SMARTS) is 1. The van der Waals surface area contributed by atoms with E-state index in [1.807, 2.05) is 0 Å². The summed E-state index contributed by atoms with van der Waals surface area (Å²) in [7, 11) is 0. The number of aliphatic carboxylic acids is 1. The molecule has 78 valence electrons. The minimum absolute atomic E-state index is 0.194. The fourth-order valence-electron chi connectivity index (χ4n) is 0.698. The fourth-order valence-corrected chi connectivity index (χ4v) is 0.798. The highest BCUT2D eigenvalue weighted by Gasteiger charge is 2.00. The number of nitrogens with one attached hydrogen (secondary N) is 1. The van der Waals surface area contributed by atoms with Crippen molar-refractivity contribution in [1.29, 1.82) is 0 Å². The maximum atomic E-state index is 11.0. The number of rotatable bonds is 3. The van der Waals surface area contributed by atoms with E-state index in [1.165, 1.54) is 12.1 Å². The van der Waals surface area contributed by atoms with Gasteiger partial charge in [0.25, 0.3) is 0 Å². The van der Waals surface area contributed by atoms with Crippen LogP contribution in [0.2, 0.25) is 5.15 Å². The van der Waals surface area contributed by atoms with E-state index in [2.05, 4.69) is 15.5 Å². The molecule has 0 atom stereocenters. The predicted molar refractivity (Wildman–Crippen MR) is 52.4 cm³/mol. The van der Waals surface area contributed by atoms with Gasteiger partial charge in [0.05, 0.1) is 0 Å². The van der Waals surface area contributed by atoms with Crippen molar-refractivity contribution in [2.75, 3.05) is 5.32 Å². The normalized spacial score (nSPS) is 10.2. The molecule has 2 N–H and O–H groups in total. The Morgan fingerprint density at radius 1 is 1.33 bits per heavy atom. The molecule has 1 rings (SSSR count). The molecule has 0 spiro atoms. The highest BCUT2D eigenvalue weighted by molar-refractivity contribution is 6.29. The second-order valence-electron chi connectivity index (χ2n) is 2.40. The SMILES string of the molecule is O=C(O)/C=C\C(=O)Nc1ccc(Cl)nn1. The zero-order valence-corrected chi connectivity index (χ0v) is 8.10. The van der Waals surface area contributed by atoms with Gasteiger partial charge in [0.1, 0.15) is 0 Å². The van der Waals surface area contributed by atoms with Crippen LogP contribution in [-0.2, 0) is 9.59 Å². The van der Waals surface area contributed by atoms with Crippen molar-refractivity contribution in [3.05, 3.63) is 29.4 Å². The number of carboxylic acids is 1. The Kier molecular flexibility index (Phi) is 3.75. The number of hydrogen-bond acceptors (Lipinski definition) is 4. The van der Waals surface area contributed by atoms with E-state index in [0.29, 0.717) is 0 Å². The van der Waals surface area contributed by atoms with Crippen LogP contribution in [0.5, 0.6) is 0 Å². The Morgan fingerprint density at radius 3 is 2.60 bits per heavy atom. The molecule has 6 nitrogen and oxygen atoms in total. The van der Waals surface area contributed by atoms with Gasteiger partial charge >= 0.3 is 5.97 Å². The van der Waals surface area contributed by atoms with Crippen molar-refractivity contribution >= 4 is 29.3 Å². The molecule has 0 radical (unpaired) electrons. The summed E-state index contributed by atoms with van der Waals surface area (Å²) in [5, 5.41) is 17.8. The van der Waals surface area contributed by atoms with Gasteiger partial charge in [-0.1, -0.05) is 11.6 Å². The summed E-state index contributed by atoms with van der Waals surface area (Å²) in [6.45, 7) is 0. The van der Waals surface area contributed by atoms with Crippen LogP contribution >= 0.6 is 11.6 Å². The molecular weight excluding hydrogens is 222 g/mol. The second-order valence-corrected chi connectivity index (χ2v) is 2.79. The van der Waals surface area contributed by atoms with E-state index in [1.54, 1.807) is 0 Å². The third kappa shape index (κ3) is 4.19. The van der Waals surface area contributed by atoms with Gasteiger partial charge in [-0.15, -0.1) is 10.2 Å². The van der Waals surface area contributed by atoms with E-state index in [0.717, 1.165) is 12.2 Å². The molecule has 0 aliphatic carbocycles. The summed E-state index contributed by atoms with van der Waals surface area (Å²) in [6, 6.07) is 2.90. The largest absolute Gasteiger partial charge is 0.478 e. The Morgan fingerprint density at radius 2 is 2.07 bits per heavy atom. The average molecular weight is 228 g/mol. The quantitative estimate of drug-likeness (QED) is 0.742. The molecule has 0 aliphatic heterocycles. The van der Waals surface area contributed by atoms with Crippen LogP contribution in [0, 0.1) is 0 Å². The highest BCUT2D eigenvalue weighted by atomic mass is 35.5. The number of hydrogen-bond donors (Lipinski definition) is 2. The van der Waals surface area contributed by atoms with Crippen molar-refractivity contribution in [3.63, 3.8) is 0 Å². The molecule has 1 aromatic heterocycles. The lowest BCUT2D eigenvalue weighted by Gasteiger charge is -1.98. The van der Waals surface area contributed by atoms with Crippen molar-refractivity contribution in [3.8, 4) is 0 Å². The Bertz CT molecular complexity index is 402. The number of halogens is 1. The zero-order chi connectivity index (χ0) is 11.3. The first kappa shape index (κ1) is 11.1. The third-order valence-electron chi connectivity index (χ3n) is 1.26. The Hall–Kier alpha value is -1.95. The molecule has 0 saturated carbocycles. The standard InChI is InChI=1S/C8H6ClN3O3/c9-5-1-2-6(12-11-5)10-7(13)3-4-8(14)15/h1-4H,(H,14,15)(H,10,12,13)/b4-3-. The molecule has 0 fully saturated rings. The van der Waals surface area contributed by atoms with Crippen molar-refractivity contribution in [2.24, 2.45) is 0 Å². The summed E-state index contributed by atoms with van der Waals surface area (Å²) < 4.78 is 0. The van der Waals surface area contributed by atoms with Crippen LogP contribution in [0.25, 0.3) is 0 Å². The maximum absolute atomic E-state index is 11.0. The molecule has 0 saturated heterocycles. The van der Waals surface area contributed by atoms with Crippen LogP contribution < -0.4 is 5.32 Å². The first-order valence-electron chi connectivity index (χ1n) is 3.79. The van der Waals surface area contributed by atoms with Gasteiger partial charge in [0.15, 0.2) is 11.0 Å². The zero-order valence-electron chi connectivity index (χ0n) is 7.35. The van der Waals surface area contributed by atoms with Gasteiger partial charge in [-0.2, -0.15) is 0 Å². The lowest BCUT2D eigenvalue weighted by Crippen LogP contribution is -2.10. The van der Waals surface area contributed by atoms with Gasteiger partial charge < -0.3 is 10.4 Å². The molecule has 1 aromatic rings. The smallest absolute Gasteiger partial charge is 0.328 e. The van der Waals surface area contributed by atoms with Crippen molar-refractivity contribution in [2.45, 2.75) is 0 Å². The van der Waals surface area contributed by atoms with Gasteiger partial charge in [-0.05, 0) is 12.1 Å². The van der Waals surface area contributed by atoms with Gasteiger partial charge in [0, 0.05) is 12.2 Å². The minimum Gasteiger partial charge on any atom is -0.478 e. The first-order valence-corrected chi connectivity index (χ1v) is 4.17. The summed E-state index contributed by atoms with van der Waals surface area (Å²) in [5.41, 5.74) is 0. The van der Waals surface area contributed by atoms with Gasteiger partial charge in [-0.25, -0.2) is 4.79 Å². The molecular formula is C8H6ClN3O3. The molecule has 0 bridgehead atoms. The Balaban J connectivity index is 2.59. The Labute approximate surface area is 89.6 Å². The number of amides is 1. The second kappa shape index (κ2) is 5.06. The van der Waals surface area contributed by atoms with Crippen molar-refractivity contribution in [1.82, 2.24) is 10.2 Å². The van der Waals surface area contributed by atoms with Crippen LogP contribution in [0.1, 0.15) is 0 Å². The monoisotopic (exact) mass is 227 g/mol. The lowest BCUT2D eigenvalue weighted by molar-refractivity contribution is -0.131. The molecule has 15 heavy (non-hydrogen) atoms. The van der Waals surface area contributed by atoms with Crippen LogP contribution in [0.3, 0.4) is 0 Å². The van der Waals surface area contributed by atoms with E-state index >= 15 is 0 Å². The number of carbonyl (C=O) groups excluding carboxylic acids is 1. The first-order chi connectivity index (χ1) is 7.08. The topological polar surface area (TPSA) is 92.2 Å². The summed E-state index contributed by atoms with van der Waals surface area (Å²) >= 11 is 5.47. The van der Waals surface area contributed by atoms with Crippen LogP contribution in [0.15, 0.2) is 24.3 Å². The number of anilines is 1. The van der Waals surface area contributed by atoms with E-state index in [9.17, 15) is 9.59 Å². The summed E-state index contributed by atoms with van der Waals surface area (Å²) in [4.78, 5) is 21.1. The molecule has 0 aliphatic rings. The third-order valence-corrected chi connectivity index (χ3v) is 1.46. The highest BCUT2D eigenvalue weighted by Crippen LogP contribution is 2.05. The van der Waals surface area contributed by atoms with Crippen LogP contribution in [0.4, 0.5) is 5.82 Å². The predicted octanol–water partition coefficient (Wildman–Crippen LogP) is 0.709. The number of aromatic nitrogens is 2. The van der Waals surface area contributed by atoms with Crippen LogP contribution in [-0.4, -0.2) is 27.2 Å². The van der Waals surface area contributed by atoms with Gasteiger partial charge in [-0.3, -0.25) is 4.79 Å². The van der Waals surface area contributed by atoms with E-state index < -0.39 is 11.9 Å². The van der Waals surface area contributed by atoms with E-state index in [-0.39, 0.29) is 11.0 Å². The summed E-state index contributed by atoms with van der Waals surface area (Å²) in [5.74, 6) is -1.61. The molecule has 7 heteroatoms. The molecule has 1 heterocycles. The maximum Gasteiger partial charge on any atom is 0.328 e. The molecule has 0 aromatic carbocycles. The lowest BCUT2D eigenvalue weighted by atomic mass is 10.4. The van der Waals surface area contributed by atoms with Gasteiger partial charge in [0.2, 0.25) is 5.91 Å². The van der Waals surface area contributed by atoms with E-state index in [4.69, 9.17) is 16.7 Å². The van der Waals surface area contributed by atoms with Crippen molar-refractivity contribution < 1.29 is 14.7 Å².